The number of halogens is 3. The number of alkyl halides is 1. The van der Waals surface area contributed by atoms with Crippen LogP contribution in [0.2, 0.25) is 5.02 Å². The van der Waals surface area contributed by atoms with Crippen molar-refractivity contribution in [3.63, 3.8) is 0 Å². The Morgan fingerprint density at radius 3 is 2.76 bits per heavy atom. The Labute approximate surface area is 126 Å². The lowest BCUT2D eigenvalue weighted by atomic mass is 10.1. The average Bonchev–Trinajstić information content (AvgIpc) is 2.80. The van der Waals surface area contributed by atoms with Gasteiger partial charge >= 0.3 is 0 Å². The molecule has 1 unspecified atom stereocenters. The van der Waals surface area contributed by atoms with E-state index in [2.05, 4.69) is 43.3 Å². The van der Waals surface area contributed by atoms with Crippen LogP contribution in [0, 0.1) is 0 Å². The maximum atomic E-state index is 6.08. The maximum Gasteiger partial charge on any atom is 0.137 e. The van der Waals surface area contributed by atoms with E-state index in [1.807, 2.05) is 18.2 Å². The molecule has 0 radical (unpaired) electrons. The summed E-state index contributed by atoms with van der Waals surface area (Å²) < 4.78 is 6.28. The molecule has 0 aliphatic rings. The zero-order valence-corrected chi connectivity index (χ0v) is 13.7. The second-order valence-electron chi connectivity index (χ2n) is 3.39. The van der Waals surface area contributed by atoms with Gasteiger partial charge in [0.1, 0.15) is 5.75 Å². The standard InChI is InChI=1S/C12H9Br2ClOS/c1-16-12-8(5-7(15)6-9(12)13)11(14)10-3-2-4-17-10/h2-6,11H,1H3. The number of thiophene rings is 1. The molecule has 1 aromatic heterocycles. The van der Waals surface area contributed by atoms with Crippen LogP contribution in [0.3, 0.4) is 0 Å². The summed E-state index contributed by atoms with van der Waals surface area (Å²) in [5, 5.41) is 2.74. The van der Waals surface area contributed by atoms with Crippen molar-refractivity contribution in [1.82, 2.24) is 0 Å². The molecule has 17 heavy (non-hydrogen) atoms. The van der Waals surface area contributed by atoms with Crippen LogP contribution in [0.1, 0.15) is 15.3 Å². The Morgan fingerprint density at radius 2 is 2.18 bits per heavy atom. The fourth-order valence-electron chi connectivity index (χ4n) is 1.57. The highest BCUT2D eigenvalue weighted by molar-refractivity contribution is 9.10. The highest BCUT2D eigenvalue weighted by atomic mass is 79.9. The monoisotopic (exact) mass is 394 g/mol. The van der Waals surface area contributed by atoms with Gasteiger partial charge in [0, 0.05) is 15.5 Å². The van der Waals surface area contributed by atoms with Gasteiger partial charge in [-0.05, 0) is 39.5 Å². The van der Waals surface area contributed by atoms with Gasteiger partial charge in [0.2, 0.25) is 0 Å². The molecule has 0 spiro atoms. The van der Waals surface area contributed by atoms with Crippen molar-refractivity contribution in [3.05, 3.63) is 49.6 Å². The number of hydrogen-bond donors (Lipinski definition) is 0. The predicted molar refractivity (Wildman–Crippen MR) is 80.8 cm³/mol. The zero-order chi connectivity index (χ0) is 12.4. The van der Waals surface area contributed by atoms with E-state index >= 15 is 0 Å². The first kappa shape index (κ1) is 13.4. The van der Waals surface area contributed by atoms with Crippen molar-refractivity contribution in [2.45, 2.75) is 4.83 Å². The first-order chi connectivity index (χ1) is 8.13. The van der Waals surface area contributed by atoms with E-state index in [-0.39, 0.29) is 4.83 Å². The number of rotatable bonds is 3. The van der Waals surface area contributed by atoms with Crippen LogP contribution < -0.4 is 4.74 Å². The maximum absolute atomic E-state index is 6.08. The topological polar surface area (TPSA) is 9.23 Å². The second kappa shape index (κ2) is 5.74. The average molecular weight is 397 g/mol. The molecule has 2 rings (SSSR count). The fraction of sp³-hybridized carbons (Fsp3) is 0.167. The molecule has 0 saturated carbocycles. The van der Waals surface area contributed by atoms with Gasteiger partial charge in [0.25, 0.3) is 0 Å². The number of benzene rings is 1. The van der Waals surface area contributed by atoms with E-state index in [1.54, 1.807) is 18.4 Å². The van der Waals surface area contributed by atoms with Crippen molar-refractivity contribution in [3.8, 4) is 5.75 Å². The van der Waals surface area contributed by atoms with Gasteiger partial charge in [-0.15, -0.1) is 11.3 Å². The molecule has 1 heterocycles. The Balaban J connectivity index is 2.50. The smallest absolute Gasteiger partial charge is 0.137 e. The molecule has 1 atom stereocenters. The molecular weight excluding hydrogens is 387 g/mol. The summed E-state index contributed by atoms with van der Waals surface area (Å²) in [6.45, 7) is 0. The second-order valence-corrected chi connectivity index (χ2v) is 6.57. The first-order valence-electron chi connectivity index (χ1n) is 4.84. The van der Waals surface area contributed by atoms with Crippen LogP contribution in [0.15, 0.2) is 34.1 Å². The summed E-state index contributed by atoms with van der Waals surface area (Å²) in [4.78, 5) is 1.31. The fourth-order valence-corrected chi connectivity index (χ4v) is 4.10. The van der Waals surface area contributed by atoms with Gasteiger partial charge in [-0.3, -0.25) is 0 Å². The third-order valence-corrected chi connectivity index (χ3v) is 5.34. The SMILES string of the molecule is COc1c(Br)cc(Cl)cc1C(Br)c1cccs1. The van der Waals surface area contributed by atoms with Crippen molar-refractivity contribution < 1.29 is 4.74 Å². The highest BCUT2D eigenvalue weighted by Gasteiger charge is 2.19. The Bertz CT molecular complexity index is 513. The van der Waals surface area contributed by atoms with Crippen LogP contribution in [0.5, 0.6) is 5.75 Å². The molecule has 0 bridgehead atoms. The van der Waals surface area contributed by atoms with Crippen LogP contribution in [0.25, 0.3) is 0 Å². The third-order valence-electron chi connectivity index (χ3n) is 2.31. The molecule has 0 aliphatic heterocycles. The van der Waals surface area contributed by atoms with E-state index in [1.165, 1.54) is 4.88 Å². The molecule has 90 valence electrons. The first-order valence-corrected chi connectivity index (χ1v) is 7.80. The molecule has 0 fully saturated rings. The Morgan fingerprint density at radius 1 is 1.41 bits per heavy atom. The van der Waals surface area contributed by atoms with Gasteiger partial charge in [-0.2, -0.15) is 0 Å². The molecule has 0 saturated heterocycles. The number of methoxy groups -OCH3 is 1. The Kier molecular flexibility index (Phi) is 4.53. The molecule has 0 aliphatic carbocycles. The lowest BCUT2D eigenvalue weighted by Crippen LogP contribution is -1.96. The summed E-state index contributed by atoms with van der Waals surface area (Å²) in [6.07, 6.45) is 0. The minimum absolute atomic E-state index is 0.0902. The van der Waals surface area contributed by atoms with Crippen LogP contribution in [-0.2, 0) is 0 Å². The van der Waals surface area contributed by atoms with Crippen LogP contribution in [0.4, 0.5) is 0 Å². The van der Waals surface area contributed by atoms with Gasteiger partial charge in [0.15, 0.2) is 0 Å². The minimum Gasteiger partial charge on any atom is -0.495 e. The van der Waals surface area contributed by atoms with Crippen LogP contribution in [-0.4, -0.2) is 7.11 Å². The van der Waals surface area contributed by atoms with Crippen molar-refractivity contribution in [2.24, 2.45) is 0 Å². The summed E-state index contributed by atoms with van der Waals surface area (Å²) >= 11 is 14.9. The van der Waals surface area contributed by atoms with E-state index < -0.39 is 0 Å². The van der Waals surface area contributed by atoms with Gasteiger partial charge in [-0.25, -0.2) is 0 Å². The number of hydrogen-bond acceptors (Lipinski definition) is 2. The zero-order valence-electron chi connectivity index (χ0n) is 8.91. The van der Waals surface area contributed by atoms with Crippen molar-refractivity contribution in [1.29, 1.82) is 0 Å². The van der Waals surface area contributed by atoms with E-state index in [0.29, 0.717) is 5.02 Å². The normalized spacial score (nSPS) is 12.5. The number of ether oxygens (including phenoxy) is 1. The van der Waals surface area contributed by atoms with Crippen molar-refractivity contribution >= 4 is 54.8 Å². The summed E-state index contributed by atoms with van der Waals surface area (Å²) in [5.74, 6) is 0.810. The van der Waals surface area contributed by atoms with Gasteiger partial charge < -0.3 is 4.74 Å². The van der Waals surface area contributed by atoms with E-state index in [4.69, 9.17) is 16.3 Å². The van der Waals surface area contributed by atoms with E-state index in [0.717, 1.165) is 15.8 Å². The van der Waals surface area contributed by atoms with Gasteiger partial charge in [0.05, 0.1) is 16.4 Å². The summed E-state index contributed by atoms with van der Waals surface area (Å²) in [5.41, 5.74) is 1.02. The summed E-state index contributed by atoms with van der Waals surface area (Å²) in [6, 6.07) is 7.86. The predicted octanol–water partition coefficient (Wildman–Crippen LogP) is 5.66. The van der Waals surface area contributed by atoms with Crippen LogP contribution >= 0.6 is 54.8 Å². The molecule has 1 aromatic carbocycles. The molecule has 0 N–H and O–H groups in total. The molecule has 2 aromatic rings. The molecule has 0 amide bonds. The highest BCUT2D eigenvalue weighted by Crippen LogP contribution is 2.43. The molecule has 5 heteroatoms. The quantitative estimate of drug-likeness (QED) is 0.609. The lowest BCUT2D eigenvalue weighted by Gasteiger charge is -2.15. The largest absolute Gasteiger partial charge is 0.495 e. The minimum atomic E-state index is 0.0902. The van der Waals surface area contributed by atoms with Gasteiger partial charge in [-0.1, -0.05) is 33.6 Å². The third kappa shape index (κ3) is 2.87. The lowest BCUT2D eigenvalue weighted by molar-refractivity contribution is 0.408. The Hall–Kier alpha value is -0.0300. The molecular formula is C12H9Br2ClOS. The molecule has 1 nitrogen and oxygen atoms in total. The summed E-state index contributed by atoms with van der Waals surface area (Å²) in [7, 11) is 1.66. The van der Waals surface area contributed by atoms with E-state index in [9.17, 15) is 0 Å². The van der Waals surface area contributed by atoms with Crippen molar-refractivity contribution in [2.75, 3.05) is 7.11 Å².